The SMILES string of the molecule is COc1cc2c(Nc3cnc(NC(=O)c4ccccc4)nc3)ncnc2cc1OC[C@@H](O)CN1CCCCC1.Nc1ncnc2c1ncn2[C@@H]1O[C@H](COP(=O)([O-])OP(=O)([O-])NP(=O)([O-])[O-])[C@@H](O)[C@H]1O. The van der Waals surface area contributed by atoms with Crippen LogP contribution in [0, 0.1) is 0 Å². The number of carbonyl (C=O) groups excluding carboxylic acids is 1. The number of ether oxygens (including phenoxy) is 3. The van der Waals surface area contributed by atoms with Crippen LogP contribution in [0.2, 0.25) is 0 Å². The molecule has 0 spiro atoms. The summed E-state index contributed by atoms with van der Waals surface area (Å²) in [6.07, 6.45) is 3.62. The van der Waals surface area contributed by atoms with Gasteiger partial charge in [-0.3, -0.25) is 28.1 Å². The molecule has 2 aromatic carbocycles. The number of rotatable bonds is 18. The molecule has 8 rings (SSSR count). The van der Waals surface area contributed by atoms with Gasteiger partial charge in [-0.2, -0.15) is 0 Å². The maximum atomic E-state index is 12.3. The minimum Gasteiger partial charge on any atom is -0.799 e. The molecule has 2 fully saturated rings. The van der Waals surface area contributed by atoms with Gasteiger partial charge in [0.1, 0.15) is 55.0 Å². The van der Waals surface area contributed by atoms with Crippen molar-refractivity contribution in [2.75, 3.05) is 56.3 Å². The number of nitrogen functional groups attached to an aromatic ring is 1. The number of nitrogens with zero attached hydrogens (tertiary/aromatic N) is 9. The zero-order valence-corrected chi connectivity index (χ0v) is 39.2. The Hall–Kier alpha value is -5.71. The highest BCUT2D eigenvalue weighted by atomic mass is 31.3. The highest BCUT2D eigenvalue weighted by Gasteiger charge is 2.45. The zero-order valence-electron chi connectivity index (χ0n) is 36.6. The van der Waals surface area contributed by atoms with Crippen LogP contribution < -0.4 is 50.3 Å². The number of fused-ring (bicyclic) bond motifs is 2. The lowest BCUT2D eigenvalue weighted by molar-refractivity contribution is -0.317. The van der Waals surface area contributed by atoms with Crippen LogP contribution in [-0.4, -0.2) is 130 Å². The zero-order chi connectivity index (χ0) is 50.2. The van der Waals surface area contributed by atoms with Gasteiger partial charge in [-0.15, -0.1) is 0 Å². The second-order valence-electron chi connectivity index (χ2n) is 15.4. The number of benzene rings is 2. The fourth-order valence-electron chi connectivity index (χ4n) is 7.11. The number of hydrogen-bond acceptors (Lipinski definition) is 26. The molecule has 70 heavy (non-hydrogen) atoms. The van der Waals surface area contributed by atoms with Gasteiger partial charge >= 0.3 is 0 Å². The second-order valence-corrected chi connectivity index (χ2v) is 20.0. The molecule has 2 aliphatic rings. The number of piperidine rings is 1. The number of aromatic nitrogens is 8. The molecule has 32 heteroatoms. The minimum absolute atomic E-state index is 0.0254. The Balaban J connectivity index is 0.000000212. The number of likely N-dealkylation sites (tertiary alicyclic amines) is 1. The number of β-amino-alcohol motifs (C(OH)–C–C–N with tert-alkyl or cyclic N) is 1. The summed E-state index contributed by atoms with van der Waals surface area (Å²) in [5.74, 6) is 1.45. The molecular formula is C38H44N13O16P3-4. The lowest BCUT2D eigenvalue weighted by Gasteiger charge is -2.39. The topological polar surface area (TPSA) is 428 Å². The van der Waals surface area contributed by atoms with E-state index in [2.05, 4.69) is 59.3 Å². The highest BCUT2D eigenvalue weighted by molar-refractivity contribution is 7.68. The summed E-state index contributed by atoms with van der Waals surface area (Å²) < 4.78 is 59.1. The van der Waals surface area contributed by atoms with Gasteiger partial charge in [0.2, 0.25) is 13.7 Å². The molecule has 29 nitrogen and oxygen atoms in total. The molecular weight excluding hydrogens is 987 g/mol. The molecule has 4 aromatic heterocycles. The number of nitrogens with two attached hydrogens (primary N) is 1. The van der Waals surface area contributed by atoms with E-state index in [0.717, 1.165) is 19.4 Å². The van der Waals surface area contributed by atoms with Crippen LogP contribution in [0.4, 0.5) is 23.3 Å². The largest absolute Gasteiger partial charge is 0.799 e. The fraction of sp³-hybridized carbons (Fsp3) is 0.368. The van der Waals surface area contributed by atoms with Crippen LogP contribution in [0.25, 0.3) is 22.1 Å². The number of aliphatic hydroxyl groups is 3. The van der Waals surface area contributed by atoms with Gasteiger partial charge in [0, 0.05) is 31.3 Å². The van der Waals surface area contributed by atoms with Gasteiger partial charge < -0.3 is 74.1 Å². The smallest absolute Gasteiger partial charge is 0.273 e. The van der Waals surface area contributed by atoms with Crippen molar-refractivity contribution in [3.05, 3.63) is 79.4 Å². The Labute approximate surface area is 396 Å². The second kappa shape index (κ2) is 22.6. The first kappa shape index (κ1) is 52.1. The average Bonchev–Trinajstić information content (AvgIpc) is 3.87. The normalized spacial score (nSPS) is 20.7. The number of nitrogens with one attached hydrogen (secondary N) is 3. The van der Waals surface area contributed by atoms with E-state index in [1.54, 1.807) is 55.9 Å². The standard InChI is InChI=1S/C28H31N7O4.C10H17N6O12P3/c1-38-24-12-22-23(13-25(24)39-17-21(36)16-35-10-6-3-7-11-35)31-18-32-26(22)33-20-14-29-28(30-15-20)34-27(37)19-8-4-2-5-9-19;11-8-5-9(13-2-12-8)16(3-14-5)10-7(18)6(17)4(27-10)1-26-31(24,25)28-30(22,23)15-29(19,20)21/h2,4-5,8-9,12-15,18,21,36H,3,6-7,10-11,16-17H2,1H3,(H,31,32,33)(H,29,30,34,37);2-4,6-7,10,17-18H,1H2,(H,24,25)(H2,11,12,13)(H4,15,19,20,21,22,23)/p-4/t21-;4-,6-,7-,10-/m01/s1. The van der Waals surface area contributed by atoms with Crippen LogP contribution in [0.5, 0.6) is 11.5 Å². The fourth-order valence-corrected chi connectivity index (χ4v) is 10.4. The molecule has 2 saturated heterocycles. The quantitative estimate of drug-likeness (QED) is 0.0511. The Kier molecular flexibility index (Phi) is 16.8. The van der Waals surface area contributed by atoms with Gasteiger partial charge in [-0.05, 0) is 44.1 Å². The number of carbonyl (C=O) groups is 1. The van der Waals surface area contributed by atoms with Crippen LogP contribution in [0.15, 0.2) is 73.8 Å². The number of anilines is 4. The molecule has 2 unspecified atom stereocenters. The first-order chi connectivity index (χ1) is 33.3. The predicted octanol–water partition coefficient (Wildman–Crippen LogP) is -0.934. The lowest BCUT2D eigenvalue weighted by Crippen LogP contribution is -2.38. The van der Waals surface area contributed by atoms with Crippen LogP contribution >= 0.6 is 23.3 Å². The Morgan fingerprint density at radius 3 is 2.34 bits per heavy atom. The molecule has 6 heterocycles. The Bertz CT molecular complexity index is 2900. The maximum absolute atomic E-state index is 12.3. The summed E-state index contributed by atoms with van der Waals surface area (Å²) in [6.45, 7) is 1.71. The van der Waals surface area contributed by atoms with E-state index in [-0.39, 0.29) is 35.4 Å². The molecule has 0 saturated carbocycles. The van der Waals surface area contributed by atoms with Gasteiger partial charge in [0.05, 0.1) is 43.6 Å². The molecule has 0 bridgehead atoms. The molecule has 6 aromatic rings. The van der Waals surface area contributed by atoms with E-state index in [0.29, 0.717) is 50.9 Å². The van der Waals surface area contributed by atoms with Crippen molar-refractivity contribution in [2.45, 2.75) is 49.9 Å². The van der Waals surface area contributed by atoms with Crippen molar-refractivity contribution in [2.24, 2.45) is 0 Å². The molecule has 0 aliphatic carbocycles. The van der Waals surface area contributed by atoms with Crippen LogP contribution in [0.3, 0.4) is 0 Å². The van der Waals surface area contributed by atoms with Crippen molar-refractivity contribution in [3.63, 3.8) is 0 Å². The lowest BCUT2D eigenvalue weighted by atomic mass is 10.1. The minimum atomic E-state index is -5.89. The van der Waals surface area contributed by atoms with E-state index in [4.69, 9.17) is 19.9 Å². The molecule has 376 valence electrons. The van der Waals surface area contributed by atoms with Gasteiger partial charge in [0.25, 0.3) is 13.7 Å². The number of phosphoric ester groups is 1. The summed E-state index contributed by atoms with van der Waals surface area (Å²) in [4.78, 5) is 87.6. The molecule has 2 aliphatic heterocycles. The van der Waals surface area contributed by atoms with Crippen molar-refractivity contribution in [3.8, 4) is 11.5 Å². The van der Waals surface area contributed by atoms with Crippen molar-refractivity contribution >= 4 is 74.6 Å². The number of hydrogen-bond donors (Lipinski definition) is 7. The van der Waals surface area contributed by atoms with E-state index in [1.165, 1.54) is 36.5 Å². The number of amides is 1. The Morgan fingerprint density at radius 2 is 1.64 bits per heavy atom. The molecule has 0 radical (unpaired) electrons. The van der Waals surface area contributed by atoms with Gasteiger partial charge in [-0.1, -0.05) is 24.6 Å². The van der Waals surface area contributed by atoms with Crippen molar-refractivity contribution < 1.29 is 76.4 Å². The maximum Gasteiger partial charge on any atom is 0.273 e. The first-order valence-electron chi connectivity index (χ1n) is 20.8. The molecule has 8 N–H and O–H groups in total. The van der Waals surface area contributed by atoms with Gasteiger partial charge in [-0.25, -0.2) is 39.7 Å². The van der Waals surface area contributed by atoms with Crippen LogP contribution in [0.1, 0.15) is 35.8 Å². The van der Waals surface area contributed by atoms with E-state index < -0.39 is 60.6 Å². The molecule has 1 amide bonds. The summed E-state index contributed by atoms with van der Waals surface area (Å²) in [5, 5.41) is 37.4. The summed E-state index contributed by atoms with van der Waals surface area (Å²) in [6, 6.07) is 12.4. The van der Waals surface area contributed by atoms with Gasteiger partial charge in [0.15, 0.2) is 29.2 Å². The summed E-state index contributed by atoms with van der Waals surface area (Å²) >= 11 is 0. The number of phosphoric acid groups is 1. The Morgan fingerprint density at radius 1 is 0.929 bits per heavy atom. The van der Waals surface area contributed by atoms with Crippen LogP contribution in [-0.2, 0) is 27.3 Å². The number of methoxy groups -OCH3 is 1. The predicted molar refractivity (Wildman–Crippen MR) is 236 cm³/mol. The average molecular weight is 1030 g/mol. The van der Waals surface area contributed by atoms with Crippen molar-refractivity contribution in [1.29, 1.82) is 0 Å². The third-order valence-electron chi connectivity index (χ3n) is 10.3. The van der Waals surface area contributed by atoms with E-state index in [9.17, 15) is 53.4 Å². The highest BCUT2D eigenvalue weighted by Crippen LogP contribution is 2.55. The van der Waals surface area contributed by atoms with E-state index in [1.807, 2.05) is 6.07 Å². The number of imidazole rings is 1. The third-order valence-corrected chi connectivity index (χ3v) is 14.4. The first-order valence-corrected chi connectivity index (χ1v) is 25.4. The summed E-state index contributed by atoms with van der Waals surface area (Å²) in [5.41, 5.74) is 7.68. The molecule has 7 atom stereocenters. The van der Waals surface area contributed by atoms with E-state index >= 15 is 0 Å². The monoisotopic (exact) mass is 1030 g/mol. The van der Waals surface area contributed by atoms with Crippen molar-refractivity contribution in [1.82, 2.24) is 49.2 Å². The third kappa shape index (κ3) is 13.8. The number of aliphatic hydroxyl groups excluding tert-OH is 3. The summed E-state index contributed by atoms with van der Waals surface area (Å²) in [7, 11) is -16.0.